The minimum atomic E-state index is 0. The molecule has 25 heavy (non-hydrogen) atoms. The zero-order valence-corrected chi connectivity index (χ0v) is 17.5. The lowest BCUT2D eigenvalue weighted by molar-refractivity contribution is 0.370. The summed E-state index contributed by atoms with van der Waals surface area (Å²) in [6.07, 6.45) is 4.45. The van der Waals surface area contributed by atoms with Crippen LogP contribution in [-0.4, -0.2) is 45.3 Å². The molecule has 0 spiro atoms. The lowest BCUT2D eigenvalue weighted by atomic mass is 9.93. The van der Waals surface area contributed by atoms with E-state index in [1.165, 1.54) is 12.0 Å². The Labute approximate surface area is 166 Å². The van der Waals surface area contributed by atoms with E-state index in [1.807, 2.05) is 12.1 Å². The molecule has 7 heteroatoms. The van der Waals surface area contributed by atoms with E-state index in [0.717, 1.165) is 31.3 Å². The average Bonchev–Trinajstić information content (AvgIpc) is 3.21. The van der Waals surface area contributed by atoms with Crippen LogP contribution in [0.25, 0.3) is 5.69 Å². The van der Waals surface area contributed by atoms with Gasteiger partial charge in [-0.3, -0.25) is 0 Å². The fourth-order valence-electron chi connectivity index (χ4n) is 2.98. The summed E-state index contributed by atoms with van der Waals surface area (Å²) in [5.41, 5.74) is 2.57. The standard InChI is InChI=1S/C18H26N6.HI/c1-4-20-17(23-10-9-18(2,3)12-23)21-11-15-5-7-16(8-6-15)24-14-19-13-22-24;/h5-8,13-14H,4,9-12H2,1-3H3,(H,20,21);1H. The smallest absolute Gasteiger partial charge is 0.194 e. The molecule has 0 radical (unpaired) electrons. The molecule has 0 aliphatic carbocycles. The molecule has 136 valence electrons. The molecular formula is C18H27IN6. The molecule has 1 aliphatic rings. The van der Waals surface area contributed by atoms with E-state index in [2.05, 4.69) is 53.2 Å². The van der Waals surface area contributed by atoms with Crippen molar-refractivity contribution in [3.63, 3.8) is 0 Å². The summed E-state index contributed by atoms with van der Waals surface area (Å²) >= 11 is 0. The first kappa shape index (κ1) is 19.7. The molecule has 1 saturated heterocycles. The number of hydrogen-bond acceptors (Lipinski definition) is 3. The van der Waals surface area contributed by atoms with Crippen LogP contribution in [0.15, 0.2) is 41.9 Å². The Morgan fingerprint density at radius 2 is 2.04 bits per heavy atom. The maximum Gasteiger partial charge on any atom is 0.194 e. The largest absolute Gasteiger partial charge is 0.357 e. The number of nitrogens with zero attached hydrogens (tertiary/aromatic N) is 5. The van der Waals surface area contributed by atoms with Gasteiger partial charge in [0.15, 0.2) is 5.96 Å². The zero-order valence-electron chi connectivity index (χ0n) is 15.1. The average molecular weight is 454 g/mol. The molecule has 0 saturated carbocycles. The third-order valence-electron chi connectivity index (χ3n) is 4.34. The van der Waals surface area contributed by atoms with Crippen LogP contribution in [0.5, 0.6) is 0 Å². The van der Waals surface area contributed by atoms with E-state index in [9.17, 15) is 0 Å². The predicted molar refractivity (Wildman–Crippen MR) is 112 cm³/mol. The minimum Gasteiger partial charge on any atom is -0.357 e. The highest BCUT2D eigenvalue weighted by atomic mass is 127. The number of rotatable bonds is 4. The van der Waals surface area contributed by atoms with Gasteiger partial charge in [0.1, 0.15) is 12.7 Å². The van der Waals surface area contributed by atoms with Gasteiger partial charge in [-0.25, -0.2) is 14.7 Å². The molecule has 1 aromatic carbocycles. The molecular weight excluding hydrogens is 427 g/mol. The Bertz CT molecular complexity index is 678. The van der Waals surface area contributed by atoms with Gasteiger partial charge < -0.3 is 10.2 Å². The zero-order chi connectivity index (χ0) is 17.0. The van der Waals surface area contributed by atoms with Crippen LogP contribution in [0.4, 0.5) is 0 Å². The highest BCUT2D eigenvalue weighted by Crippen LogP contribution is 2.28. The molecule has 2 heterocycles. The van der Waals surface area contributed by atoms with Crippen molar-refractivity contribution in [3.05, 3.63) is 42.5 Å². The van der Waals surface area contributed by atoms with Gasteiger partial charge in [0.05, 0.1) is 12.2 Å². The van der Waals surface area contributed by atoms with Gasteiger partial charge in [-0.1, -0.05) is 26.0 Å². The molecule has 1 aromatic heterocycles. The van der Waals surface area contributed by atoms with Gasteiger partial charge in [0.25, 0.3) is 0 Å². The molecule has 3 rings (SSSR count). The number of guanidine groups is 1. The van der Waals surface area contributed by atoms with E-state index in [4.69, 9.17) is 4.99 Å². The first-order chi connectivity index (χ1) is 11.6. The van der Waals surface area contributed by atoms with Crippen LogP contribution >= 0.6 is 24.0 Å². The fraction of sp³-hybridized carbons (Fsp3) is 0.500. The van der Waals surface area contributed by atoms with E-state index in [1.54, 1.807) is 17.3 Å². The monoisotopic (exact) mass is 454 g/mol. The normalized spacial score (nSPS) is 16.6. The van der Waals surface area contributed by atoms with Crippen LogP contribution in [0.1, 0.15) is 32.8 Å². The van der Waals surface area contributed by atoms with Crippen molar-refractivity contribution in [2.24, 2.45) is 10.4 Å². The van der Waals surface area contributed by atoms with Crippen LogP contribution in [0.2, 0.25) is 0 Å². The second-order valence-corrected chi connectivity index (χ2v) is 7.01. The molecule has 0 unspecified atom stereocenters. The topological polar surface area (TPSA) is 58.3 Å². The van der Waals surface area contributed by atoms with Crippen LogP contribution in [0, 0.1) is 5.41 Å². The van der Waals surface area contributed by atoms with Gasteiger partial charge >= 0.3 is 0 Å². The molecule has 1 N–H and O–H groups in total. The minimum absolute atomic E-state index is 0. The number of nitrogens with one attached hydrogen (secondary N) is 1. The van der Waals surface area contributed by atoms with Crippen molar-refractivity contribution < 1.29 is 0 Å². The number of aliphatic imine (C=N–C) groups is 1. The van der Waals surface area contributed by atoms with Gasteiger partial charge in [0, 0.05) is 19.6 Å². The first-order valence-electron chi connectivity index (χ1n) is 8.54. The summed E-state index contributed by atoms with van der Waals surface area (Å²) < 4.78 is 1.75. The summed E-state index contributed by atoms with van der Waals surface area (Å²) in [7, 11) is 0. The molecule has 0 bridgehead atoms. The van der Waals surface area contributed by atoms with Gasteiger partial charge in [-0.15, -0.1) is 24.0 Å². The Balaban J connectivity index is 0.00000225. The van der Waals surface area contributed by atoms with Crippen molar-refractivity contribution in [2.45, 2.75) is 33.7 Å². The van der Waals surface area contributed by atoms with Crippen LogP contribution in [-0.2, 0) is 6.54 Å². The van der Waals surface area contributed by atoms with Gasteiger partial charge in [-0.2, -0.15) is 5.10 Å². The van der Waals surface area contributed by atoms with Crippen molar-refractivity contribution >= 4 is 29.9 Å². The van der Waals surface area contributed by atoms with Crippen LogP contribution in [0.3, 0.4) is 0 Å². The second-order valence-electron chi connectivity index (χ2n) is 7.01. The van der Waals surface area contributed by atoms with Gasteiger partial charge in [0.2, 0.25) is 0 Å². The predicted octanol–water partition coefficient (Wildman–Crippen LogP) is 3.08. The third-order valence-corrected chi connectivity index (χ3v) is 4.34. The lowest BCUT2D eigenvalue weighted by Crippen LogP contribution is -2.40. The van der Waals surface area contributed by atoms with E-state index in [0.29, 0.717) is 12.0 Å². The molecule has 1 aliphatic heterocycles. The molecule has 1 fully saturated rings. The number of hydrogen-bond donors (Lipinski definition) is 1. The number of aromatic nitrogens is 3. The fourth-order valence-corrected chi connectivity index (χ4v) is 2.98. The highest BCUT2D eigenvalue weighted by molar-refractivity contribution is 14.0. The Kier molecular flexibility index (Phi) is 6.80. The quantitative estimate of drug-likeness (QED) is 0.439. The number of benzene rings is 1. The maximum absolute atomic E-state index is 4.82. The molecule has 6 nitrogen and oxygen atoms in total. The van der Waals surface area contributed by atoms with Crippen molar-refractivity contribution in [2.75, 3.05) is 19.6 Å². The number of likely N-dealkylation sites (tertiary alicyclic amines) is 1. The Morgan fingerprint density at radius 3 is 2.60 bits per heavy atom. The van der Waals surface area contributed by atoms with Crippen molar-refractivity contribution in [1.82, 2.24) is 25.0 Å². The SMILES string of the molecule is CCNC(=NCc1ccc(-n2cncn2)cc1)N1CCC(C)(C)C1.I. The third kappa shape index (κ3) is 5.17. The molecule has 0 amide bonds. The van der Waals surface area contributed by atoms with E-state index in [-0.39, 0.29) is 24.0 Å². The van der Waals surface area contributed by atoms with Crippen LogP contribution < -0.4 is 5.32 Å². The van der Waals surface area contributed by atoms with Crippen molar-refractivity contribution in [3.8, 4) is 5.69 Å². The summed E-state index contributed by atoms with van der Waals surface area (Å²) in [6, 6.07) is 8.28. The maximum atomic E-state index is 4.82. The van der Waals surface area contributed by atoms with Gasteiger partial charge in [-0.05, 0) is 36.5 Å². The summed E-state index contributed by atoms with van der Waals surface area (Å²) in [5.74, 6) is 1.02. The van der Waals surface area contributed by atoms with E-state index >= 15 is 0 Å². The second kappa shape index (κ2) is 8.64. The Hall–Kier alpha value is -1.64. The highest BCUT2D eigenvalue weighted by Gasteiger charge is 2.30. The molecule has 0 atom stereocenters. The Morgan fingerprint density at radius 1 is 1.28 bits per heavy atom. The summed E-state index contributed by atoms with van der Waals surface area (Å²) in [6.45, 7) is 10.5. The first-order valence-corrected chi connectivity index (χ1v) is 8.54. The number of halogens is 1. The summed E-state index contributed by atoms with van der Waals surface area (Å²) in [4.78, 5) is 11.2. The molecule has 2 aromatic rings. The summed E-state index contributed by atoms with van der Waals surface area (Å²) in [5, 5.41) is 7.56. The van der Waals surface area contributed by atoms with Crippen molar-refractivity contribution in [1.29, 1.82) is 0 Å². The lowest BCUT2D eigenvalue weighted by Gasteiger charge is -2.23. The van der Waals surface area contributed by atoms with E-state index < -0.39 is 0 Å².